The van der Waals surface area contributed by atoms with Crippen LogP contribution in [0, 0.1) is 6.92 Å². The summed E-state index contributed by atoms with van der Waals surface area (Å²) in [6.45, 7) is 2.00. The number of anilines is 1. The molecule has 0 aliphatic carbocycles. The topological polar surface area (TPSA) is 66.4 Å². The first-order chi connectivity index (χ1) is 10.5. The van der Waals surface area contributed by atoms with Crippen LogP contribution in [0.15, 0.2) is 42.5 Å². The van der Waals surface area contributed by atoms with Gasteiger partial charge >= 0.3 is 5.97 Å². The average molecular weight is 318 g/mol. The number of nitrogens with one attached hydrogen (secondary N) is 1. The Morgan fingerprint density at radius 1 is 1.14 bits per heavy atom. The first-order valence-corrected chi connectivity index (χ1v) is 7.22. The highest BCUT2D eigenvalue weighted by atomic mass is 35.5. The van der Waals surface area contributed by atoms with Crippen molar-refractivity contribution in [1.82, 2.24) is 0 Å². The molecule has 22 heavy (non-hydrogen) atoms. The van der Waals surface area contributed by atoms with E-state index in [1.165, 1.54) is 17.7 Å². The van der Waals surface area contributed by atoms with E-state index < -0.39 is 5.97 Å². The molecule has 0 heterocycles. The summed E-state index contributed by atoms with van der Waals surface area (Å²) >= 11 is 5.78. The zero-order chi connectivity index (χ0) is 16.1. The fourth-order valence-electron chi connectivity index (χ4n) is 2.03. The number of rotatable bonds is 5. The van der Waals surface area contributed by atoms with Gasteiger partial charge in [0, 0.05) is 11.4 Å². The lowest BCUT2D eigenvalue weighted by molar-refractivity contribution is -0.116. The fourth-order valence-corrected chi connectivity index (χ4v) is 2.20. The zero-order valence-corrected chi connectivity index (χ0v) is 12.9. The maximum atomic E-state index is 12.0. The lowest BCUT2D eigenvalue weighted by Gasteiger charge is -2.09. The van der Waals surface area contributed by atoms with E-state index in [-0.39, 0.29) is 23.6 Å². The number of amides is 1. The molecule has 2 N–H and O–H groups in total. The lowest BCUT2D eigenvalue weighted by atomic mass is 10.1. The van der Waals surface area contributed by atoms with Gasteiger partial charge in [-0.3, -0.25) is 4.79 Å². The van der Waals surface area contributed by atoms with Gasteiger partial charge in [-0.2, -0.15) is 0 Å². The van der Waals surface area contributed by atoms with Gasteiger partial charge in [-0.25, -0.2) is 4.79 Å². The van der Waals surface area contributed by atoms with Crippen molar-refractivity contribution < 1.29 is 14.7 Å². The molecule has 0 unspecified atom stereocenters. The Bertz CT molecular complexity index is 696. The second kappa shape index (κ2) is 7.09. The van der Waals surface area contributed by atoms with Crippen LogP contribution in [0.1, 0.15) is 27.9 Å². The SMILES string of the molecule is Cc1ccc(CCC(=O)Nc2ccc(Cl)cc2C(=O)O)cc1. The number of aromatic carboxylic acids is 1. The fraction of sp³-hybridized carbons (Fsp3) is 0.176. The van der Waals surface area contributed by atoms with Crippen LogP contribution in [0.5, 0.6) is 0 Å². The van der Waals surface area contributed by atoms with Crippen LogP contribution < -0.4 is 5.32 Å². The third-order valence-electron chi connectivity index (χ3n) is 3.25. The van der Waals surface area contributed by atoms with Crippen LogP contribution in [0.3, 0.4) is 0 Å². The third-order valence-corrected chi connectivity index (χ3v) is 3.48. The Labute approximate surface area is 133 Å². The molecule has 0 radical (unpaired) electrons. The molecule has 0 saturated carbocycles. The molecule has 0 atom stereocenters. The molecule has 0 aliphatic rings. The van der Waals surface area contributed by atoms with Crippen molar-refractivity contribution in [2.24, 2.45) is 0 Å². The van der Waals surface area contributed by atoms with Gasteiger partial charge in [-0.05, 0) is 37.1 Å². The highest BCUT2D eigenvalue weighted by molar-refractivity contribution is 6.31. The molecule has 0 bridgehead atoms. The molecule has 0 spiro atoms. The van der Waals surface area contributed by atoms with E-state index in [4.69, 9.17) is 16.7 Å². The Hall–Kier alpha value is -2.33. The van der Waals surface area contributed by atoms with Gasteiger partial charge in [0.2, 0.25) is 5.91 Å². The number of carbonyl (C=O) groups excluding carboxylic acids is 1. The largest absolute Gasteiger partial charge is 0.478 e. The summed E-state index contributed by atoms with van der Waals surface area (Å²) in [6.07, 6.45) is 0.882. The minimum Gasteiger partial charge on any atom is -0.478 e. The van der Waals surface area contributed by atoms with Crippen LogP contribution in [-0.4, -0.2) is 17.0 Å². The van der Waals surface area contributed by atoms with Crippen LogP contribution in [0.2, 0.25) is 5.02 Å². The third kappa shape index (κ3) is 4.33. The Morgan fingerprint density at radius 2 is 1.82 bits per heavy atom. The minimum atomic E-state index is -1.13. The molecule has 0 aliphatic heterocycles. The van der Waals surface area contributed by atoms with E-state index in [2.05, 4.69) is 5.32 Å². The second-order valence-corrected chi connectivity index (χ2v) is 5.47. The quantitative estimate of drug-likeness (QED) is 0.878. The first kappa shape index (κ1) is 16.0. The molecule has 114 valence electrons. The lowest BCUT2D eigenvalue weighted by Crippen LogP contribution is -2.15. The summed E-state index contributed by atoms with van der Waals surface area (Å²) in [5.41, 5.74) is 2.47. The molecule has 2 rings (SSSR count). The predicted octanol–water partition coefficient (Wildman–Crippen LogP) is 3.92. The summed E-state index contributed by atoms with van der Waals surface area (Å²) in [6, 6.07) is 12.3. The van der Waals surface area contributed by atoms with Crippen molar-refractivity contribution in [3.63, 3.8) is 0 Å². The Kier molecular flexibility index (Phi) is 5.17. The van der Waals surface area contributed by atoms with Crippen molar-refractivity contribution in [2.75, 3.05) is 5.32 Å². The van der Waals surface area contributed by atoms with Gasteiger partial charge in [0.25, 0.3) is 0 Å². The summed E-state index contributed by atoms with van der Waals surface area (Å²) in [5, 5.41) is 12.1. The van der Waals surface area contributed by atoms with Gasteiger partial charge in [0.15, 0.2) is 0 Å². The highest BCUT2D eigenvalue weighted by Gasteiger charge is 2.13. The standard InChI is InChI=1S/C17H16ClNO3/c1-11-2-4-12(5-3-11)6-9-16(20)19-15-8-7-13(18)10-14(15)17(21)22/h2-5,7-8,10H,6,9H2,1H3,(H,19,20)(H,21,22). The maximum absolute atomic E-state index is 12.0. The Balaban J connectivity index is 2.00. The number of hydrogen-bond acceptors (Lipinski definition) is 2. The monoisotopic (exact) mass is 317 g/mol. The van der Waals surface area contributed by atoms with Gasteiger partial charge in [0.05, 0.1) is 11.3 Å². The molecular formula is C17H16ClNO3. The molecule has 5 heteroatoms. The van der Waals surface area contributed by atoms with Crippen molar-refractivity contribution in [2.45, 2.75) is 19.8 Å². The predicted molar refractivity (Wildman–Crippen MR) is 86.5 cm³/mol. The molecule has 0 fully saturated rings. The molecule has 2 aromatic carbocycles. The molecule has 0 saturated heterocycles. The summed E-state index contributed by atoms with van der Waals surface area (Å²) in [4.78, 5) is 23.1. The highest BCUT2D eigenvalue weighted by Crippen LogP contribution is 2.21. The van der Waals surface area contributed by atoms with E-state index >= 15 is 0 Å². The van der Waals surface area contributed by atoms with E-state index in [1.54, 1.807) is 6.07 Å². The summed E-state index contributed by atoms with van der Waals surface area (Å²) in [7, 11) is 0. The van der Waals surface area contributed by atoms with Crippen molar-refractivity contribution in [3.8, 4) is 0 Å². The van der Waals surface area contributed by atoms with Crippen molar-refractivity contribution in [1.29, 1.82) is 0 Å². The average Bonchev–Trinajstić information content (AvgIpc) is 2.48. The molecule has 4 nitrogen and oxygen atoms in total. The maximum Gasteiger partial charge on any atom is 0.337 e. The number of carbonyl (C=O) groups is 2. The van der Waals surface area contributed by atoms with Gasteiger partial charge in [-0.1, -0.05) is 41.4 Å². The van der Waals surface area contributed by atoms with Crippen molar-refractivity contribution >= 4 is 29.2 Å². The number of halogens is 1. The van der Waals surface area contributed by atoms with Crippen LogP contribution in [0.4, 0.5) is 5.69 Å². The van der Waals surface area contributed by atoms with Crippen molar-refractivity contribution in [3.05, 3.63) is 64.2 Å². The Morgan fingerprint density at radius 3 is 2.45 bits per heavy atom. The first-order valence-electron chi connectivity index (χ1n) is 6.84. The molecule has 1 amide bonds. The smallest absolute Gasteiger partial charge is 0.337 e. The van der Waals surface area contributed by atoms with E-state index in [9.17, 15) is 9.59 Å². The van der Waals surface area contributed by atoms with E-state index in [0.717, 1.165) is 5.56 Å². The second-order valence-electron chi connectivity index (χ2n) is 5.03. The number of aryl methyl sites for hydroxylation is 2. The summed E-state index contributed by atoms with van der Waals surface area (Å²) in [5.74, 6) is -1.36. The molecular weight excluding hydrogens is 302 g/mol. The van der Waals surface area contributed by atoms with Crippen LogP contribution >= 0.6 is 11.6 Å². The van der Waals surface area contributed by atoms with Gasteiger partial charge < -0.3 is 10.4 Å². The zero-order valence-electron chi connectivity index (χ0n) is 12.1. The van der Waals surface area contributed by atoms with Gasteiger partial charge in [-0.15, -0.1) is 0 Å². The summed E-state index contributed by atoms with van der Waals surface area (Å²) < 4.78 is 0. The number of carboxylic acids is 1. The minimum absolute atomic E-state index is 0.0174. The van der Waals surface area contributed by atoms with E-state index in [0.29, 0.717) is 11.4 Å². The number of hydrogen-bond donors (Lipinski definition) is 2. The molecule has 0 aromatic heterocycles. The van der Waals surface area contributed by atoms with Crippen LogP contribution in [0.25, 0.3) is 0 Å². The van der Waals surface area contributed by atoms with Crippen LogP contribution in [-0.2, 0) is 11.2 Å². The van der Waals surface area contributed by atoms with Gasteiger partial charge in [0.1, 0.15) is 0 Å². The normalized spacial score (nSPS) is 10.3. The van der Waals surface area contributed by atoms with E-state index in [1.807, 2.05) is 31.2 Å². The number of benzene rings is 2. The molecule has 2 aromatic rings. The number of carboxylic acid groups (broad SMARTS) is 1.